The number of nitrogens with zero attached hydrogens (tertiary/aromatic N) is 4. The SMILES string of the molecule is CCC(=O)O[C@H]1[C@H](c2ccc3c(N)ncnn23)O[C@](C#N)(COCN[C@@H](C)C(=O)OC2CCC2)[C@H]1OC(=O)CC. The molecule has 1 aliphatic heterocycles. The van der Waals surface area contributed by atoms with Crippen molar-refractivity contribution in [3.8, 4) is 6.07 Å². The van der Waals surface area contributed by atoms with Crippen molar-refractivity contribution in [2.75, 3.05) is 19.1 Å². The number of nitriles is 1. The van der Waals surface area contributed by atoms with Gasteiger partial charge in [0.1, 0.15) is 36.2 Å². The predicted octanol–water partition coefficient (Wildman–Crippen LogP) is 1.34. The summed E-state index contributed by atoms with van der Waals surface area (Å²) in [5.41, 5.74) is 4.99. The first-order valence-electron chi connectivity index (χ1n) is 13.3. The van der Waals surface area contributed by atoms with Gasteiger partial charge in [0, 0.05) is 12.8 Å². The summed E-state index contributed by atoms with van der Waals surface area (Å²) in [5.74, 6) is -1.39. The van der Waals surface area contributed by atoms with Gasteiger partial charge in [0.25, 0.3) is 0 Å². The van der Waals surface area contributed by atoms with Crippen molar-refractivity contribution in [2.45, 2.75) is 88.9 Å². The van der Waals surface area contributed by atoms with Gasteiger partial charge in [-0.25, -0.2) is 9.50 Å². The number of esters is 3. The normalized spacial score (nSPS) is 25.1. The summed E-state index contributed by atoms with van der Waals surface area (Å²) in [6.07, 6.45) is 0.393. The van der Waals surface area contributed by atoms with Crippen molar-refractivity contribution in [3.05, 3.63) is 24.2 Å². The first-order valence-corrected chi connectivity index (χ1v) is 13.3. The molecule has 2 aliphatic rings. The van der Waals surface area contributed by atoms with Crippen molar-refractivity contribution in [1.82, 2.24) is 19.9 Å². The Morgan fingerprint density at radius 3 is 2.60 bits per heavy atom. The van der Waals surface area contributed by atoms with E-state index in [0.29, 0.717) is 11.2 Å². The molecule has 216 valence electrons. The van der Waals surface area contributed by atoms with E-state index in [-0.39, 0.29) is 38.1 Å². The number of fused-ring (bicyclic) bond motifs is 1. The number of carbonyl (C=O) groups excluding carboxylic acids is 3. The van der Waals surface area contributed by atoms with E-state index in [4.69, 9.17) is 29.4 Å². The van der Waals surface area contributed by atoms with Gasteiger partial charge in [-0.3, -0.25) is 19.7 Å². The highest BCUT2D eigenvalue weighted by Gasteiger charge is 2.61. The molecule has 0 aromatic carbocycles. The van der Waals surface area contributed by atoms with Crippen LogP contribution in [-0.2, 0) is 38.1 Å². The van der Waals surface area contributed by atoms with Crippen LogP contribution in [0, 0.1) is 11.3 Å². The lowest BCUT2D eigenvalue weighted by molar-refractivity contribution is -0.170. The highest BCUT2D eigenvalue weighted by atomic mass is 16.7. The van der Waals surface area contributed by atoms with Crippen molar-refractivity contribution in [3.63, 3.8) is 0 Å². The van der Waals surface area contributed by atoms with Gasteiger partial charge in [-0.15, -0.1) is 0 Å². The maximum absolute atomic E-state index is 12.5. The van der Waals surface area contributed by atoms with Crippen LogP contribution in [-0.4, -0.2) is 75.8 Å². The van der Waals surface area contributed by atoms with E-state index >= 15 is 0 Å². The summed E-state index contributed by atoms with van der Waals surface area (Å²) in [4.78, 5) is 41.2. The topological polar surface area (TPSA) is 189 Å². The quantitative estimate of drug-likeness (QED) is 0.164. The fraction of sp³-hybridized carbons (Fsp3) is 0.615. The summed E-state index contributed by atoms with van der Waals surface area (Å²) < 4.78 is 30.2. The number of rotatable bonds is 12. The zero-order valence-electron chi connectivity index (χ0n) is 22.7. The summed E-state index contributed by atoms with van der Waals surface area (Å²) in [7, 11) is 0. The van der Waals surface area contributed by atoms with E-state index in [1.807, 2.05) is 0 Å². The highest BCUT2D eigenvalue weighted by molar-refractivity contribution is 5.75. The minimum atomic E-state index is -1.87. The highest BCUT2D eigenvalue weighted by Crippen LogP contribution is 2.44. The minimum absolute atomic E-state index is 0.0119. The van der Waals surface area contributed by atoms with Gasteiger partial charge in [-0.2, -0.15) is 10.4 Å². The van der Waals surface area contributed by atoms with Crippen LogP contribution in [0.15, 0.2) is 18.5 Å². The number of anilines is 1. The van der Waals surface area contributed by atoms with Crippen LogP contribution in [0.1, 0.15) is 64.7 Å². The van der Waals surface area contributed by atoms with E-state index in [1.54, 1.807) is 32.9 Å². The van der Waals surface area contributed by atoms with Gasteiger partial charge in [0.05, 0.1) is 19.0 Å². The molecule has 0 unspecified atom stereocenters. The van der Waals surface area contributed by atoms with Crippen molar-refractivity contribution < 1.29 is 38.1 Å². The smallest absolute Gasteiger partial charge is 0.323 e. The van der Waals surface area contributed by atoms with Gasteiger partial charge in [-0.1, -0.05) is 13.8 Å². The average molecular weight is 559 g/mol. The Kier molecular flexibility index (Phi) is 9.18. The van der Waals surface area contributed by atoms with Gasteiger partial charge >= 0.3 is 17.9 Å². The fourth-order valence-corrected chi connectivity index (χ4v) is 4.41. The Balaban J connectivity index is 1.58. The summed E-state index contributed by atoms with van der Waals surface area (Å²) in [6.45, 7) is 4.35. The molecule has 14 heteroatoms. The van der Waals surface area contributed by atoms with Gasteiger partial charge in [-0.05, 0) is 38.3 Å². The van der Waals surface area contributed by atoms with Crippen LogP contribution in [0.4, 0.5) is 5.82 Å². The second-order valence-electron chi connectivity index (χ2n) is 9.72. The molecule has 0 radical (unpaired) electrons. The van der Waals surface area contributed by atoms with Crippen LogP contribution < -0.4 is 11.1 Å². The lowest BCUT2D eigenvalue weighted by Gasteiger charge is -2.29. The summed E-state index contributed by atoms with van der Waals surface area (Å²) in [5, 5.41) is 17.5. The number of carbonyl (C=O) groups is 3. The van der Waals surface area contributed by atoms with E-state index < -0.39 is 47.9 Å². The summed E-state index contributed by atoms with van der Waals surface area (Å²) >= 11 is 0. The lowest BCUT2D eigenvalue weighted by atomic mass is 9.95. The molecule has 1 aliphatic carbocycles. The molecule has 2 fully saturated rings. The first kappa shape index (κ1) is 29.2. The third kappa shape index (κ3) is 6.01. The molecule has 3 heterocycles. The second-order valence-corrected chi connectivity index (χ2v) is 9.72. The van der Waals surface area contributed by atoms with Crippen LogP contribution in [0.25, 0.3) is 5.52 Å². The molecule has 0 spiro atoms. The number of nitrogens with two attached hydrogens (primary N) is 1. The zero-order valence-corrected chi connectivity index (χ0v) is 22.7. The maximum atomic E-state index is 12.5. The van der Waals surface area contributed by atoms with Gasteiger partial charge in [0.2, 0.25) is 5.60 Å². The van der Waals surface area contributed by atoms with Crippen molar-refractivity contribution in [2.24, 2.45) is 0 Å². The Labute approximate surface area is 231 Å². The molecule has 1 saturated carbocycles. The second kappa shape index (κ2) is 12.6. The monoisotopic (exact) mass is 558 g/mol. The number of nitrogens with one attached hydrogen (secondary N) is 1. The molecule has 14 nitrogen and oxygen atoms in total. The molecule has 4 rings (SSSR count). The number of hydrogen-bond acceptors (Lipinski definition) is 13. The van der Waals surface area contributed by atoms with Crippen LogP contribution >= 0.6 is 0 Å². The molecular formula is C26H34N6O8. The zero-order chi connectivity index (χ0) is 28.9. The van der Waals surface area contributed by atoms with Gasteiger partial charge < -0.3 is 29.4 Å². The van der Waals surface area contributed by atoms with Gasteiger partial charge in [0.15, 0.2) is 18.0 Å². The minimum Gasteiger partial charge on any atom is -0.461 e. The van der Waals surface area contributed by atoms with E-state index in [2.05, 4.69) is 21.5 Å². The van der Waals surface area contributed by atoms with Crippen molar-refractivity contribution in [1.29, 1.82) is 5.26 Å². The molecule has 2 aromatic rings. The molecule has 3 N–H and O–H groups in total. The Hall–Kier alpha value is -3.80. The lowest BCUT2D eigenvalue weighted by Crippen LogP contribution is -2.50. The first-order chi connectivity index (χ1) is 19.2. The molecule has 2 aromatic heterocycles. The van der Waals surface area contributed by atoms with E-state index in [0.717, 1.165) is 19.3 Å². The standard InChI is InChI=1S/C26H34N6O8/c1-4-19(33)38-22-21(17-9-10-18-24(28)29-13-31-32(17)18)40-26(11-27,23(22)39-20(34)5-2)12-36-14-30-15(3)25(35)37-16-7-6-8-16/h9-10,13,15-16,21-23,30H,4-8,12,14H2,1-3H3,(H2,28,29,31)/t15-,21-,22-,23-,26+/m0/s1. The van der Waals surface area contributed by atoms with Crippen LogP contribution in [0.2, 0.25) is 0 Å². The number of hydrogen-bond donors (Lipinski definition) is 2. The third-order valence-corrected chi connectivity index (χ3v) is 6.99. The molecule has 0 bridgehead atoms. The maximum Gasteiger partial charge on any atom is 0.323 e. The average Bonchev–Trinajstić information content (AvgIpc) is 3.49. The molecule has 40 heavy (non-hydrogen) atoms. The molecule has 1 saturated heterocycles. The van der Waals surface area contributed by atoms with E-state index in [1.165, 1.54) is 10.8 Å². The number of aromatic nitrogens is 3. The Bertz CT molecular complexity index is 1270. The number of ether oxygens (including phenoxy) is 5. The molecular weight excluding hydrogens is 524 g/mol. The van der Waals surface area contributed by atoms with Crippen LogP contribution in [0.3, 0.4) is 0 Å². The Morgan fingerprint density at radius 1 is 1.23 bits per heavy atom. The third-order valence-electron chi connectivity index (χ3n) is 6.99. The Morgan fingerprint density at radius 2 is 1.95 bits per heavy atom. The molecule has 5 atom stereocenters. The fourth-order valence-electron chi connectivity index (χ4n) is 4.41. The summed E-state index contributed by atoms with van der Waals surface area (Å²) in [6, 6.07) is 4.75. The number of nitrogen functional groups attached to an aromatic ring is 1. The predicted molar refractivity (Wildman–Crippen MR) is 137 cm³/mol. The largest absolute Gasteiger partial charge is 0.461 e. The molecule has 0 amide bonds. The van der Waals surface area contributed by atoms with E-state index in [9.17, 15) is 19.6 Å². The van der Waals surface area contributed by atoms with Crippen molar-refractivity contribution >= 4 is 29.2 Å². The van der Waals surface area contributed by atoms with Crippen LogP contribution in [0.5, 0.6) is 0 Å².